The predicted octanol–water partition coefficient (Wildman–Crippen LogP) is 2.37. The largest absolute Gasteiger partial charge is 0.398 e. The average Bonchev–Trinajstić information content (AvgIpc) is 2.42. The number of hydrogen-bond acceptors (Lipinski definition) is 3. The summed E-state index contributed by atoms with van der Waals surface area (Å²) in [5, 5.41) is 2.95. The van der Waals surface area contributed by atoms with E-state index in [1.807, 2.05) is 17.5 Å². The Balaban J connectivity index is 2.98. The number of benzene rings is 1. The van der Waals surface area contributed by atoms with Gasteiger partial charge in [0.1, 0.15) is 0 Å². The van der Waals surface area contributed by atoms with Crippen LogP contribution in [0.1, 0.15) is 5.56 Å². The third-order valence-corrected chi connectivity index (χ3v) is 3.11. The number of anilines is 2. The summed E-state index contributed by atoms with van der Waals surface area (Å²) in [6, 6.07) is 3.92. The zero-order valence-corrected chi connectivity index (χ0v) is 7.61. The zero-order valence-electron chi connectivity index (χ0n) is 6.79. The summed E-state index contributed by atoms with van der Waals surface area (Å²) in [5.74, 6) is 0. The van der Waals surface area contributed by atoms with E-state index in [1.54, 1.807) is 11.3 Å². The first-order valence-electron chi connectivity index (χ1n) is 3.72. The van der Waals surface area contributed by atoms with Gasteiger partial charge in [0, 0.05) is 21.2 Å². The van der Waals surface area contributed by atoms with Crippen molar-refractivity contribution in [3.63, 3.8) is 0 Å². The molecule has 0 aliphatic rings. The van der Waals surface area contributed by atoms with Gasteiger partial charge in [-0.1, -0.05) is 6.07 Å². The van der Waals surface area contributed by atoms with Crippen LogP contribution in [0.4, 0.5) is 11.4 Å². The molecule has 2 rings (SSSR count). The van der Waals surface area contributed by atoms with Crippen LogP contribution in [-0.2, 0) is 0 Å². The molecular formula is C9H10N2S. The lowest BCUT2D eigenvalue weighted by Crippen LogP contribution is -1.89. The van der Waals surface area contributed by atoms with Crippen LogP contribution in [0.5, 0.6) is 0 Å². The van der Waals surface area contributed by atoms with Gasteiger partial charge in [0.25, 0.3) is 0 Å². The third-order valence-electron chi connectivity index (χ3n) is 1.98. The summed E-state index contributed by atoms with van der Waals surface area (Å²) in [4.78, 5) is 0. The minimum absolute atomic E-state index is 0.773. The Bertz CT molecular complexity index is 431. The van der Waals surface area contributed by atoms with Crippen molar-refractivity contribution in [2.24, 2.45) is 0 Å². The Labute approximate surface area is 74.8 Å². The van der Waals surface area contributed by atoms with Gasteiger partial charge in [0.2, 0.25) is 0 Å². The van der Waals surface area contributed by atoms with Crippen LogP contribution >= 0.6 is 11.3 Å². The molecule has 0 saturated carbocycles. The van der Waals surface area contributed by atoms with E-state index in [2.05, 4.69) is 6.92 Å². The van der Waals surface area contributed by atoms with Gasteiger partial charge < -0.3 is 11.5 Å². The number of nitrogen functional groups attached to an aromatic ring is 2. The Morgan fingerprint density at radius 1 is 1.17 bits per heavy atom. The Morgan fingerprint density at radius 2 is 1.92 bits per heavy atom. The van der Waals surface area contributed by atoms with Crippen molar-refractivity contribution >= 4 is 32.8 Å². The Hall–Kier alpha value is -1.22. The van der Waals surface area contributed by atoms with Gasteiger partial charge in [-0.3, -0.25) is 0 Å². The third kappa shape index (κ3) is 0.865. The molecule has 0 radical (unpaired) electrons. The maximum atomic E-state index is 5.80. The van der Waals surface area contributed by atoms with Crippen LogP contribution in [0.15, 0.2) is 17.5 Å². The molecule has 3 heteroatoms. The lowest BCUT2D eigenvalue weighted by molar-refractivity contribution is 1.56. The molecule has 12 heavy (non-hydrogen) atoms. The van der Waals surface area contributed by atoms with Crippen LogP contribution in [-0.4, -0.2) is 0 Å². The van der Waals surface area contributed by atoms with Gasteiger partial charge in [-0.25, -0.2) is 0 Å². The SMILES string of the molecule is Cc1ccc(N)c2c(N)csc12. The highest BCUT2D eigenvalue weighted by Crippen LogP contribution is 2.34. The molecule has 0 fully saturated rings. The summed E-state index contributed by atoms with van der Waals surface area (Å²) in [5.41, 5.74) is 14.4. The van der Waals surface area contributed by atoms with E-state index in [0.29, 0.717) is 0 Å². The topological polar surface area (TPSA) is 52.0 Å². The van der Waals surface area contributed by atoms with Crippen LogP contribution in [0.25, 0.3) is 10.1 Å². The standard InChI is InChI=1S/C9H10N2S/c1-5-2-3-6(10)8-7(11)4-12-9(5)8/h2-4H,10-11H2,1H3. The van der Waals surface area contributed by atoms with E-state index < -0.39 is 0 Å². The van der Waals surface area contributed by atoms with E-state index in [4.69, 9.17) is 11.5 Å². The molecular weight excluding hydrogens is 168 g/mol. The van der Waals surface area contributed by atoms with E-state index in [9.17, 15) is 0 Å². The summed E-state index contributed by atoms with van der Waals surface area (Å²) in [7, 11) is 0. The highest BCUT2D eigenvalue weighted by molar-refractivity contribution is 7.18. The van der Waals surface area contributed by atoms with E-state index >= 15 is 0 Å². The molecule has 2 aromatic rings. The summed E-state index contributed by atoms with van der Waals surface area (Å²) >= 11 is 1.65. The first kappa shape index (κ1) is 7.43. The molecule has 0 bridgehead atoms. The molecule has 62 valence electrons. The first-order valence-corrected chi connectivity index (χ1v) is 4.60. The minimum Gasteiger partial charge on any atom is -0.398 e. The molecule has 1 aromatic carbocycles. The number of aryl methyl sites for hydroxylation is 1. The maximum Gasteiger partial charge on any atom is 0.0523 e. The summed E-state index contributed by atoms with van der Waals surface area (Å²) in [6.45, 7) is 2.07. The van der Waals surface area contributed by atoms with Gasteiger partial charge in [0.05, 0.1) is 5.69 Å². The van der Waals surface area contributed by atoms with Crippen molar-refractivity contribution < 1.29 is 0 Å². The highest BCUT2D eigenvalue weighted by atomic mass is 32.1. The van der Waals surface area contributed by atoms with E-state index in [1.165, 1.54) is 10.3 Å². The van der Waals surface area contributed by atoms with E-state index in [0.717, 1.165) is 16.8 Å². The molecule has 0 aliphatic heterocycles. The number of fused-ring (bicyclic) bond motifs is 1. The lowest BCUT2D eigenvalue weighted by atomic mass is 10.1. The molecule has 0 unspecified atom stereocenters. The van der Waals surface area contributed by atoms with Gasteiger partial charge >= 0.3 is 0 Å². The van der Waals surface area contributed by atoms with Crippen LogP contribution in [0, 0.1) is 6.92 Å². The van der Waals surface area contributed by atoms with Crippen LogP contribution in [0.2, 0.25) is 0 Å². The maximum absolute atomic E-state index is 5.80. The van der Waals surface area contributed by atoms with Gasteiger partial charge in [-0.05, 0) is 18.6 Å². The van der Waals surface area contributed by atoms with Crippen molar-refractivity contribution in [2.75, 3.05) is 11.5 Å². The second-order valence-corrected chi connectivity index (χ2v) is 3.75. The quantitative estimate of drug-likeness (QED) is 0.608. The van der Waals surface area contributed by atoms with Gasteiger partial charge in [-0.2, -0.15) is 0 Å². The molecule has 0 amide bonds. The molecule has 0 aliphatic carbocycles. The van der Waals surface area contributed by atoms with Gasteiger partial charge in [-0.15, -0.1) is 11.3 Å². The summed E-state index contributed by atoms with van der Waals surface area (Å²) < 4.78 is 1.20. The minimum atomic E-state index is 0.773. The van der Waals surface area contributed by atoms with E-state index in [-0.39, 0.29) is 0 Å². The summed E-state index contributed by atoms with van der Waals surface area (Å²) in [6.07, 6.45) is 0. The number of hydrogen-bond donors (Lipinski definition) is 2. The first-order chi connectivity index (χ1) is 5.70. The number of thiophene rings is 1. The molecule has 4 N–H and O–H groups in total. The zero-order chi connectivity index (χ0) is 8.72. The highest BCUT2D eigenvalue weighted by Gasteiger charge is 2.05. The fraction of sp³-hybridized carbons (Fsp3) is 0.111. The lowest BCUT2D eigenvalue weighted by Gasteiger charge is -1.99. The molecule has 1 aromatic heterocycles. The Morgan fingerprint density at radius 3 is 2.58 bits per heavy atom. The second kappa shape index (κ2) is 2.38. The van der Waals surface area contributed by atoms with Crippen LogP contribution in [0.3, 0.4) is 0 Å². The van der Waals surface area contributed by atoms with Crippen molar-refractivity contribution in [1.82, 2.24) is 0 Å². The van der Waals surface area contributed by atoms with Crippen molar-refractivity contribution in [3.05, 3.63) is 23.1 Å². The second-order valence-electron chi connectivity index (χ2n) is 2.87. The monoisotopic (exact) mass is 178 g/mol. The average molecular weight is 178 g/mol. The fourth-order valence-corrected chi connectivity index (χ4v) is 2.30. The number of rotatable bonds is 0. The normalized spacial score (nSPS) is 10.8. The number of nitrogens with two attached hydrogens (primary N) is 2. The van der Waals surface area contributed by atoms with Crippen LogP contribution < -0.4 is 11.5 Å². The Kier molecular flexibility index (Phi) is 1.48. The molecule has 1 heterocycles. The molecule has 0 saturated heterocycles. The predicted molar refractivity (Wildman–Crippen MR) is 55.4 cm³/mol. The van der Waals surface area contributed by atoms with Crippen molar-refractivity contribution in [1.29, 1.82) is 0 Å². The molecule has 0 atom stereocenters. The molecule has 0 spiro atoms. The smallest absolute Gasteiger partial charge is 0.0523 e. The molecule has 2 nitrogen and oxygen atoms in total. The fourth-order valence-electron chi connectivity index (χ4n) is 1.33. The van der Waals surface area contributed by atoms with Crippen molar-refractivity contribution in [3.8, 4) is 0 Å². The van der Waals surface area contributed by atoms with Gasteiger partial charge in [0.15, 0.2) is 0 Å². The van der Waals surface area contributed by atoms with Crippen molar-refractivity contribution in [2.45, 2.75) is 6.92 Å².